The van der Waals surface area contributed by atoms with Gasteiger partial charge in [-0.2, -0.15) is 10.1 Å². The van der Waals surface area contributed by atoms with Gasteiger partial charge in [0.15, 0.2) is 11.6 Å². The minimum absolute atomic E-state index is 0.126. The Kier molecular flexibility index (Phi) is 8.12. The number of anilines is 1. The number of benzene rings is 1. The summed E-state index contributed by atoms with van der Waals surface area (Å²) in [5.41, 5.74) is 3.91. The van der Waals surface area contributed by atoms with Crippen molar-refractivity contribution >= 4 is 31.3 Å². The summed E-state index contributed by atoms with van der Waals surface area (Å²) in [6, 6.07) is 7.40. The first-order chi connectivity index (χ1) is 16.7. The summed E-state index contributed by atoms with van der Waals surface area (Å²) >= 11 is 1.27. The highest BCUT2D eigenvalue weighted by atomic mass is 32.2. The van der Waals surface area contributed by atoms with Crippen molar-refractivity contribution in [3.8, 4) is 5.75 Å². The fourth-order valence-corrected chi connectivity index (χ4v) is 5.84. The lowest BCUT2D eigenvalue weighted by atomic mass is 9.96. The van der Waals surface area contributed by atoms with Crippen LogP contribution in [0.1, 0.15) is 32.4 Å². The molecule has 1 aromatic carbocycles. The Morgan fingerprint density at radius 3 is 2.83 bits per heavy atom. The summed E-state index contributed by atoms with van der Waals surface area (Å²) in [5.74, 6) is -1.33. The molecule has 3 N–H and O–H groups in total. The molecule has 190 valence electrons. The summed E-state index contributed by atoms with van der Waals surface area (Å²) in [6.07, 6.45) is 2.60. The Morgan fingerprint density at radius 1 is 1.40 bits per heavy atom. The minimum atomic E-state index is -4.05. The highest BCUT2D eigenvalue weighted by molar-refractivity contribution is 8.00. The number of thioether (sulfide) groups is 1. The number of aromatic nitrogens is 2. The molecule has 2 unspecified atom stereocenters. The summed E-state index contributed by atoms with van der Waals surface area (Å²) in [5, 5.41) is 2.63. The maximum atomic E-state index is 13.8. The molecular weight excluding hydrogens is 502 g/mol. The first-order valence-corrected chi connectivity index (χ1v) is 13.6. The number of hydrogen-bond donors (Lipinski definition) is 2. The third-order valence-electron chi connectivity index (χ3n) is 5.37. The monoisotopic (exact) mass is 528 g/mol. The first-order valence-electron chi connectivity index (χ1n) is 11.0. The standard InChI is InChI=1S/C21H26FN4O7PS/c1-13(20(27)31-14-8-5-9-14)25-34(29,33-15-6-3-2-4-7-15)30-11-18-32-17(12-35-18)26-10-16(22)19(23)24-21(26)28/h2-4,6-7,10,13-14,17-18H,5,8-9,11-12H2,1H3,(H,25,29)(H2,23,24,28)/t13?,17-,18+,34?/m0/s1. The second-order valence-electron chi connectivity index (χ2n) is 8.06. The van der Waals surface area contributed by atoms with Gasteiger partial charge in [0.2, 0.25) is 0 Å². The molecule has 35 heavy (non-hydrogen) atoms. The van der Waals surface area contributed by atoms with Crippen LogP contribution in [0, 0.1) is 5.82 Å². The fraction of sp³-hybridized carbons (Fsp3) is 0.476. The highest BCUT2D eigenvalue weighted by Gasteiger charge is 2.36. The molecule has 2 heterocycles. The molecule has 14 heteroatoms. The van der Waals surface area contributed by atoms with E-state index in [1.54, 1.807) is 30.3 Å². The maximum absolute atomic E-state index is 13.8. The van der Waals surface area contributed by atoms with Crippen LogP contribution >= 0.6 is 19.5 Å². The highest BCUT2D eigenvalue weighted by Crippen LogP contribution is 2.46. The number of nitrogens with one attached hydrogen (secondary N) is 1. The van der Waals surface area contributed by atoms with E-state index in [0.29, 0.717) is 5.75 Å². The van der Waals surface area contributed by atoms with E-state index in [-0.39, 0.29) is 18.5 Å². The Labute approximate surface area is 205 Å². The van der Waals surface area contributed by atoms with Gasteiger partial charge in [0.25, 0.3) is 0 Å². The quantitative estimate of drug-likeness (QED) is 0.347. The van der Waals surface area contributed by atoms with Gasteiger partial charge in [-0.1, -0.05) is 18.2 Å². The number of halogens is 1. The van der Waals surface area contributed by atoms with Crippen molar-refractivity contribution in [1.29, 1.82) is 0 Å². The van der Waals surface area contributed by atoms with Crippen LogP contribution in [0.5, 0.6) is 5.75 Å². The van der Waals surface area contributed by atoms with E-state index in [4.69, 9.17) is 24.3 Å². The van der Waals surface area contributed by atoms with Gasteiger partial charge >= 0.3 is 19.4 Å². The Balaban J connectivity index is 1.40. The van der Waals surface area contributed by atoms with Crippen LogP contribution < -0.4 is 21.0 Å². The molecular formula is C21H26FN4O7PS. The third kappa shape index (κ3) is 6.62. The lowest BCUT2D eigenvalue weighted by Crippen LogP contribution is -2.38. The van der Waals surface area contributed by atoms with E-state index >= 15 is 0 Å². The molecule has 1 saturated carbocycles. The predicted molar refractivity (Wildman–Crippen MR) is 126 cm³/mol. The summed E-state index contributed by atoms with van der Waals surface area (Å²) in [4.78, 5) is 27.9. The number of carbonyl (C=O) groups excluding carboxylic acids is 1. The Bertz CT molecular complexity index is 1150. The number of nitrogens with zero attached hydrogens (tertiary/aromatic N) is 2. The first kappa shape index (κ1) is 25.6. The van der Waals surface area contributed by atoms with E-state index in [1.807, 2.05) is 0 Å². The molecule has 0 spiro atoms. The van der Waals surface area contributed by atoms with Gasteiger partial charge in [0, 0.05) is 5.75 Å². The number of nitrogen functional groups attached to an aromatic ring is 1. The molecule has 1 aliphatic carbocycles. The van der Waals surface area contributed by atoms with Crippen LogP contribution in [0.15, 0.2) is 41.3 Å². The number of carbonyl (C=O) groups is 1. The molecule has 0 bridgehead atoms. The largest absolute Gasteiger partial charge is 0.461 e. The van der Waals surface area contributed by atoms with E-state index in [0.717, 1.165) is 30.0 Å². The molecule has 0 amide bonds. The number of ether oxygens (including phenoxy) is 2. The topological polar surface area (TPSA) is 144 Å². The molecule has 11 nitrogen and oxygen atoms in total. The van der Waals surface area contributed by atoms with Crippen LogP contribution in [0.25, 0.3) is 0 Å². The Hall–Kier alpha value is -2.44. The number of esters is 1. The zero-order chi connectivity index (χ0) is 25.0. The van der Waals surface area contributed by atoms with Crippen molar-refractivity contribution in [2.24, 2.45) is 0 Å². The normalized spacial score (nSPS) is 22.7. The molecule has 4 rings (SSSR count). The fourth-order valence-electron chi connectivity index (χ4n) is 3.25. The molecule has 2 aliphatic rings. The molecule has 1 aromatic heterocycles. The smallest absolute Gasteiger partial charge is 0.459 e. The van der Waals surface area contributed by atoms with Crippen LogP contribution in [0.2, 0.25) is 0 Å². The second kappa shape index (κ2) is 11.1. The second-order valence-corrected chi connectivity index (χ2v) is 10.9. The SMILES string of the molecule is CC(NP(=O)(OC[C@@H]1O[C@H](n2cc(F)c(N)nc2=O)CS1)Oc1ccccc1)C(=O)OC1CCC1. The van der Waals surface area contributed by atoms with Crippen molar-refractivity contribution in [2.75, 3.05) is 18.1 Å². The van der Waals surface area contributed by atoms with Gasteiger partial charge in [0.1, 0.15) is 29.6 Å². The molecule has 2 aromatic rings. The Morgan fingerprint density at radius 2 is 2.14 bits per heavy atom. The number of para-hydroxylation sites is 1. The average Bonchev–Trinajstić information content (AvgIpc) is 3.26. The lowest BCUT2D eigenvalue weighted by Gasteiger charge is -2.28. The van der Waals surface area contributed by atoms with E-state index in [1.165, 1.54) is 18.7 Å². The van der Waals surface area contributed by atoms with Crippen LogP contribution in [-0.4, -0.2) is 45.5 Å². The zero-order valence-corrected chi connectivity index (χ0v) is 20.6. The molecule has 2 fully saturated rings. The van der Waals surface area contributed by atoms with Crippen molar-refractivity contribution in [3.05, 3.63) is 52.8 Å². The van der Waals surface area contributed by atoms with E-state index in [2.05, 4.69) is 10.1 Å². The number of hydrogen-bond acceptors (Lipinski definition) is 10. The summed E-state index contributed by atoms with van der Waals surface area (Å²) < 4.78 is 50.7. The van der Waals surface area contributed by atoms with Crippen molar-refractivity contribution in [2.45, 2.75) is 50.0 Å². The van der Waals surface area contributed by atoms with Gasteiger partial charge in [-0.15, -0.1) is 11.8 Å². The van der Waals surface area contributed by atoms with Gasteiger partial charge in [-0.05, 0) is 38.3 Å². The van der Waals surface area contributed by atoms with Gasteiger partial charge < -0.3 is 19.7 Å². The van der Waals surface area contributed by atoms with Crippen molar-refractivity contribution < 1.29 is 32.3 Å². The number of rotatable bonds is 10. The van der Waals surface area contributed by atoms with E-state index in [9.17, 15) is 18.5 Å². The van der Waals surface area contributed by atoms with Gasteiger partial charge in [-0.3, -0.25) is 13.9 Å². The van der Waals surface area contributed by atoms with Crippen LogP contribution in [0.4, 0.5) is 10.2 Å². The molecule has 4 atom stereocenters. The summed E-state index contributed by atoms with van der Waals surface area (Å²) in [7, 11) is -4.05. The van der Waals surface area contributed by atoms with Crippen LogP contribution in [-0.2, 0) is 23.4 Å². The lowest BCUT2D eigenvalue weighted by molar-refractivity contribution is -0.154. The number of nitrogens with two attached hydrogens (primary N) is 1. The molecule has 1 aliphatic heterocycles. The zero-order valence-electron chi connectivity index (χ0n) is 18.9. The molecule has 0 radical (unpaired) electrons. The van der Waals surface area contributed by atoms with Crippen LogP contribution in [0.3, 0.4) is 0 Å². The van der Waals surface area contributed by atoms with Gasteiger partial charge in [0.05, 0.1) is 12.8 Å². The summed E-state index contributed by atoms with van der Waals surface area (Å²) in [6.45, 7) is 1.31. The van der Waals surface area contributed by atoms with Crippen molar-refractivity contribution in [3.63, 3.8) is 0 Å². The van der Waals surface area contributed by atoms with Crippen molar-refractivity contribution in [1.82, 2.24) is 14.6 Å². The minimum Gasteiger partial charge on any atom is -0.461 e. The third-order valence-corrected chi connectivity index (χ3v) is 8.11. The van der Waals surface area contributed by atoms with E-state index < -0.39 is 48.7 Å². The maximum Gasteiger partial charge on any atom is 0.459 e. The average molecular weight is 528 g/mol. The predicted octanol–water partition coefficient (Wildman–Crippen LogP) is 2.83. The van der Waals surface area contributed by atoms with Gasteiger partial charge in [-0.25, -0.2) is 13.8 Å². The molecule has 1 saturated heterocycles.